The Kier molecular flexibility index (Phi) is 10.3. The van der Waals surface area contributed by atoms with E-state index in [9.17, 15) is 31.1 Å². The monoisotopic (exact) mass is 591 g/mol. The van der Waals surface area contributed by atoms with Crippen LogP contribution in [0.25, 0.3) is 0 Å². The second-order valence-electron chi connectivity index (χ2n) is 8.29. The van der Waals surface area contributed by atoms with Crippen molar-refractivity contribution in [2.45, 2.75) is 37.5 Å². The highest BCUT2D eigenvalue weighted by Gasteiger charge is 2.50. The van der Waals surface area contributed by atoms with E-state index < -0.39 is 24.3 Å². The Labute approximate surface area is 220 Å². The molecule has 0 radical (unpaired) electrons. The number of rotatable bonds is 4. The van der Waals surface area contributed by atoms with Crippen LogP contribution in [0.1, 0.15) is 10.8 Å². The minimum atomic E-state index is -5.08. The first kappa shape index (κ1) is 31.8. The molecule has 0 aliphatic carbocycles. The van der Waals surface area contributed by atoms with Crippen molar-refractivity contribution in [2.75, 3.05) is 38.2 Å². The maximum Gasteiger partial charge on any atom is 0.490 e. The second kappa shape index (κ2) is 12.6. The van der Waals surface area contributed by atoms with E-state index in [-0.39, 0.29) is 17.6 Å². The lowest BCUT2D eigenvalue weighted by Crippen LogP contribution is -2.72. The van der Waals surface area contributed by atoms with Crippen LogP contribution in [-0.2, 0) is 25.7 Å². The van der Waals surface area contributed by atoms with Crippen molar-refractivity contribution in [3.8, 4) is 0 Å². The van der Waals surface area contributed by atoms with Gasteiger partial charge in [0.2, 0.25) is 11.0 Å². The van der Waals surface area contributed by atoms with Gasteiger partial charge < -0.3 is 29.6 Å². The Hall–Kier alpha value is -3.45. The summed E-state index contributed by atoms with van der Waals surface area (Å²) in [5, 5.41) is 27.3. The molecule has 1 spiro atoms. The molecule has 2 aliphatic rings. The lowest BCUT2D eigenvalue weighted by molar-refractivity contribution is -0.193. The number of aromatic nitrogens is 2. The summed E-state index contributed by atoms with van der Waals surface area (Å²) in [4.78, 5) is 34.4. The normalized spacial score (nSPS) is 18.7. The molecule has 12 nitrogen and oxygen atoms in total. The van der Waals surface area contributed by atoms with Gasteiger partial charge in [0.05, 0.1) is 32.5 Å². The number of aryl methyl sites for hydroxylation is 1. The fourth-order valence-corrected chi connectivity index (χ4v) is 4.05. The van der Waals surface area contributed by atoms with Crippen molar-refractivity contribution in [1.82, 2.24) is 20.4 Å². The van der Waals surface area contributed by atoms with Gasteiger partial charge in [-0.25, -0.2) is 9.59 Å². The first-order valence-electron chi connectivity index (χ1n) is 10.7. The van der Waals surface area contributed by atoms with E-state index in [1.54, 1.807) is 17.6 Å². The highest BCUT2D eigenvalue weighted by Crippen LogP contribution is 2.35. The average molecular weight is 591 g/mol. The topological polar surface area (TPSA) is 158 Å². The van der Waals surface area contributed by atoms with Crippen LogP contribution in [0, 0.1) is 6.92 Å². The summed E-state index contributed by atoms with van der Waals surface area (Å²) < 4.78 is 74.8. The maximum absolute atomic E-state index is 12.4. The molecule has 39 heavy (non-hydrogen) atoms. The molecule has 4 heterocycles. The highest BCUT2D eigenvalue weighted by atomic mass is 32.1. The molecule has 1 atom stereocenters. The molecule has 19 heteroatoms. The summed E-state index contributed by atoms with van der Waals surface area (Å²) >= 11 is 1.59. The van der Waals surface area contributed by atoms with Gasteiger partial charge in [-0.3, -0.25) is 9.69 Å². The zero-order valence-corrected chi connectivity index (χ0v) is 21.1. The standard InChI is InChI=1S/C16H21N5O3S.2C2HF3O2/c1-11-18-19-15(25-11)21-9-16(10-21)8-20(2)13(7-24-16)14(22)17-6-12-4-3-5-23-12;2*3-2(4,5)1(6)7/h3-5,13H,6-10H2,1-2H3,(H,17,22);2*(H,6,7). The summed E-state index contributed by atoms with van der Waals surface area (Å²) in [7, 11) is 1.97. The Morgan fingerprint density at radius 3 is 2.08 bits per heavy atom. The minimum Gasteiger partial charge on any atom is -0.475 e. The number of amides is 1. The zero-order valence-electron chi connectivity index (χ0n) is 20.2. The summed E-state index contributed by atoms with van der Waals surface area (Å²) in [6.07, 6.45) is -8.57. The number of ether oxygens (including phenoxy) is 1. The molecule has 2 aromatic rings. The highest BCUT2D eigenvalue weighted by molar-refractivity contribution is 7.15. The number of hydrogen-bond donors (Lipinski definition) is 3. The number of carbonyl (C=O) groups excluding carboxylic acids is 1. The molecule has 0 aromatic carbocycles. The molecule has 1 unspecified atom stereocenters. The van der Waals surface area contributed by atoms with Crippen LogP contribution in [0.15, 0.2) is 22.8 Å². The van der Waals surface area contributed by atoms with Crippen LogP contribution >= 0.6 is 11.3 Å². The minimum absolute atomic E-state index is 0.0373. The molecular formula is C20H23F6N5O7S. The van der Waals surface area contributed by atoms with Gasteiger partial charge in [0.25, 0.3) is 0 Å². The maximum atomic E-state index is 12.4. The average Bonchev–Trinajstić information content (AvgIpc) is 3.47. The number of nitrogens with zero attached hydrogens (tertiary/aromatic N) is 4. The number of alkyl halides is 6. The first-order chi connectivity index (χ1) is 17.9. The molecule has 2 fully saturated rings. The molecule has 3 N–H and O–H groups in total. The Morgan fingerprint density at radius 2 is 1.67 bits per heavy atom. The van der Waals surface area contributed by atoms with Crippen LogP contribution in [0.5, 0.6) is 0 Å². The van der Waals surface area contributed by atoms with E-state index in [0.717, 1.165) is 35.5 Å². The van der Waals surface area contributed by atoms with Gasteiger partial charge in [0, 0.05) is 6.54 Å². The fourth-order valence-electron chi connectivity index (χ4n) is 3.36. The molecular weight excluding hydrogens is 568 g/mol. The fraction of sp³-hybridized carbons (Fsp3) is 0.550. The number of anilines is 1. The molecule has 2 saturated heterocycles. The predicted octanol–water partition coefficient (Wildman–Crippen LogP) is 1.91. The SMILES string of the molecule is Cc1nnc(N2CC3(C2)CN(C)C(C(=O)NCc2ccco2)CO3)s1.O=C(O)C(F)(F)F.O=C(O)C(F)(F)F. The quantitative estimate of drug-likeness (QED) is 0.446. The molecule has 1 amide bonds. The number of furan rings is 1. The van der Waals surface area contributed by atoms with Gasteiger partial charge in [-0.2, -0.15) is 26.3 Å². The Balaban J connectivity index is 0.000000317. The van der Waals surface area contributed by atoms with Crippen LogP contribution in [0.3, 0.4) is 0 Å². The molecule has 0 bridgehead atoms. The van der Waals surface area contributed by atoms with E-state index in [2.05, 4.69) is 25.3 Å². The lowest BCUT2D eigenvalue weighted by atomic mass is 9.91. The van der Waals surface area contributed by atoms with Crippen molar-refractivity contribution in [2.24, 2.45) is 0 Å². The van der Waals surface area contributed by atoms with E-state index in [1.807, 2.05) is 26.1 Å². The summed E-state index contributed by atoms with van der Waals surface area (Å²) in [6, 6.07) is 3.37. The van der Waals surface area contributed by atoms with E-state index in [1.165, 1.54) is 0 Å². The van der Waals surface area contributed by atoms with E-state index in [4.69, 9.17) is 29.0 Å². The largest absolute Gasteiger partial charge is 0.490 e. The Morgan fingerprint density at radius 1 is 1.10 bits per heavy atom. The van der Waals surface area contributed by atoms with E-state index in [0.29, 0.717) is 13.2 Å². The number of nitrogens with one attached hydrogen (secondary N) is 1. The number of carboxylic acids is 2. The summed E-state index contributed by atoms with van der Waals surface area (Å²) in [6.45, 7) is 5.03. The van der Waals surface area contributed by atoms with Crippen molar-refractivity contribution in [3.63, 3.8) is 0 Å². The van der Waals surface area contributed by atoms with Crippen molar-refractivity contribution in [1.29, 1.82) is 0 Å². The number of aliphatic carboxylic acids is 2. The Bertz CT molecular complexity index is 1100. The van der Waals surface area contributed by atoms with Crippen LogP contribution in [0.2, 0.25) is 0 Å². The smallest absolute Gasteiger partial charge is 0.475 e. The molecule has 0 saturated carbocycles. The summed E-state index contributed by atoms with van der Waals surface area (Å²) in [5.41, 5.74) is -0.216. The number of carboxylic acid groups (broad SMARTS) is 2. The summed E-state index contributed by atoms with van der Waals surface area (Å²) in [5.74, 6) is -4.81. The van der Waals surface area contributed by atoms with E-state index >= 15 is 0 Å². The zero-order chi connectivity index (χ0) is 29.6. The lowest BCUT2D eigenvalue weighted by Gasteiger charge is -2.54. The second-order valence-corrected chi connectivity index (χ2v) is 9.45. The number of morpholine rings is 1. The van der Waals surface area contributed by atoms with Crippen molar-refractivity contribution in [3.05, 3.63) is 29.2 Å². The first-order valence-corrected chi connectivity index (χ1v) is 11.5. The van der Waals surface area contributed by atoms with Gasteiger partial charge >= 0.3 is 24.3 Å². The van der Waals surface area contributed by atoms with Gasteiger partial charge in [0.15, 0.2) is 0 Å². The van der Waals surface area contributed by atoms with Crippen molar-refractivity contribution < 1.29 is 60.1 Å². The molecule has 4 rings (SSSR count). The van der Waals surface area contributed by atoms with Crippen molar-refractivity contribution >= 4 is 34.3 Å². The number of halogens is 6. The van der Waals surface area contributed by atoms with Crippen LogP contribution in [0.4, 0.5) is 31.5 Å². The number of hydrogen-bond acceptors (Lipinski definition) is 10. The number of likely N-dealkylation sites (N-methyl/N-ethyl adjacent to an activating group) is 1. The molecule has 2 aliphatic heterocycles. The van der Waals surface area contributed by atoms with Gasteiger partial charge in [0.1, 0.15) is 22.4 Å². The van der Waals surface area contributed by atoms with Gasteiger partial charge in [-0.05, 0) is 26.1 Å². The molecule has 218 valence electrons. The van der Waals surface area contributed by atoms with Gasteiger partial charge in [-0.1, -0.05) is 11.3 Å². The van der Waals surface area contributed by atoms with Crippen LogP contribution < -0.4 is 10.2 Å². The third-order valence-electron chi connectivity index (χ3n) is 5.17. The van der Waals surface area contributed by atoms with Gasteiger partial charge in [-0.15, -0.1) is 10.2 Å². The predicted molar refractivity (Wildman–Crippen MR) is 120 cm³/mol. The third-order valence-corrected chi connectivity index (χ3v) is 6.07. The number of carbonyl (C=O) groups is 3. The third kappa shape index (κ3) is 9.36. The molecule has 2 aromatic heterocycles. The van der Waals surface area contributed by atoms with Crippen LogP contribution in [-0.4, -0.2) is 100 Å².